The van der Waals surface area contributed by atoms with E-state index in [2.05, 4.69) is 24.3 Å². The monoisotopic (exact) mass is 192 g/mol. The molecule has 0 bridgehead atoms. The summed E-state index contributed by atoms with van der Waals surface area (Å²) < 4.78 is 5.60. The Bertz CT molecular complexity index is 271. The number of hydrogen-bond donors (Lipinski definition) is 1. The van der Waals surface area contributed by atoms with Crippen molar-refractivity contribution in [2.75, 3.05) is 13.2 Å². The SMILES string of the molecule is OCCCOC1CC1c1ccccc1. The molecule has 2 unspecified atom stereocenters. The van der Waals surface area contributed by atoms with Crippen LogP contribution in [-0.4, -0.2) is 24.4 Å². The van der Waals surface area contributed by atoms with Gasteiger partial charge in [0, 0.05) is 19.1 Å². The molecule has 2 heteroatoms. The third kappa shape index (κ3) is 2.34. The van der Waals surface area contributed by atoms with Crippen molar-refractivity contribution in [1.82, 2.24) is 0 Å². The minimum Gasteiger partial charge on any atom is -0.396 e. The second kappa shape index (κ2) is 4.58. The standard InChI is InChI=1S/C12H16O2/c13-7-4-8-14-12-9-11(12)10-5-2-1-3-6-10/h1-3,5-6,11-13H,4,7-9H2. The second-order valence-electron chi connectivity index (χ2n) is 3.74. The Hall–Kier alpha value is -0.860. The van der Waals surface area contributed by atoms with Crippen LogP contribution in [-0.2, 0) is 4.74 Å². The fourth-order valence-corrected chi connectivity index (χ4v) is 1.71. The summed E-state index contributed by atoms with van der Waals surface area (Å²) in [6, 6.07) is 10.5. The van der Waals surface area contributed by atoms with E-state index in [1.165, 1.54) is 5.56 Å². The predicted octanol–water partition coefficient (Wildman–Crippen LogP) is 1.94. The van der Waals surface area contributed by atoms with Gasteiger partial charge in [-0.1, -0.05) is 30.3 Å². The Morgan fingerprint density at radius 3 is 2.79 bits per heavy atom. The summed E-state index contributed by atoms with van der Waals surface area (Å²) in [5, 5.41) is 8.60. The van der Waals surface area contributed by atoms with Crippen LogP contribution in [0.3, 0.4) is 0 Å². The van der Waals surface area contributed by atoms with Gasteiger partial charge in [-0.05, 0) is 18.4 Å². The summed E-state index contributed by atoms with van der Waals surface area (Å²) in [4.78, 5) is 0. The first kappa shape index (κ1) is 9.69. The van der Waals surface area contributed by atoms with Gasteiger partial charge in [-0.2, -0.15) is 0 Å². The third-order valence-corrected chi connectivity index (χ3v) is 2.59. The number of aliphatic hydroxyl groups excluding tert-OH is 1. The second-order valence-corrected chi connectivity index (χ2v) is 3.74. The van der Waals surface area contributed by atoms with Gasteiger partial charge in [0.25, 0.3) is 0 Å². The zero-order valence-electron chi connectivity index (χ0n) is 8.23. The lowest BCUT2D eigenvalue weighted by Gasteiger charge is -2.02. The highest BCUT2D eigenvalue weighted by atomic mass is 16.5. The third-order valence-electron chi connectivity index (χ3n) is 2.59. The molecule has 2 atom stereocenters. The van der Waals surface area contributed by atoms with E-state index in [0.29, 0.717) is 18.6 Å². The zero-order valence-corrected chi connectivity index (χ0v) is 8.23. The van der Waals surface area contributed by atoms with Gasteiger partial charge in [0.1, 0.15) is 0 Å². The first-order chi connectivity index (χ1) is 6.92. The fraction of sp³-hybridized carbons (Fsp3) is 0.500. The lowest BCUT2D eigenvalue weighted by Crippen LogP contribution is -2.00. The van der Waals surface area contributed by atoms with Gasteiger partial charge in [-0.15, -0.1) is 0 Å². The Balaban J connectivity index is 1.76. The minimum absolute atomic E-state index is 0.225. The summed E-state index contributed by atoms with van der Waals surface area (Å²) in [5.41, 5.74) is 1.38. The maximum absolute atomic E-state index is 8.60. The van der Waals surface area contributed by atoms with Gasteiger partial charge in [0.05, 0.1) is 6.10 Å². The summed E-state index contributed by atoms with van der Waals surface area (Å²) >= 11 is 0. The number of ether oxygens (including phenoxy) is 1. The van der Waals surface area contributed by atoms with Crippen LogP contribution in [0, 0.1) is 0 Å². The molecule has 1 aromatic carbocycles. The van der Waals surface area contributed by atoms with Crippen LogP contribution < -0.4 is 0 Å². The molecule has 1 aliphatic rings. The Kier molecular flexibility index (Phi) is 3.17. The van der Waals surface area contributed by atoms with Crippen LogP contribution in [0.25, 0.3) is 0 Å². The van der Waals surface area contributed by atoms with Crippen molar-refractivity contribution in [2.24, 2.45) is 0 Å². The molecule has 0 amide bonds. The van der Waals surface area contributed by atoms with Crippen molar-refractivity contribution in [2.45, 2.75) is 24.9 Å². The quantitative estimate of drug-likeness (QED) is 0.722. The highest BCUT2D eigenvalue weighted by molar-refractivity contribution is 5.26. The van der Waals surface area contributed by atoms with E-state index in [9.17, 15) is 0 Å². The van der Waals surface area contributed by atoms with Crippen molar-refractivity contribution in [3.05, 3.63) is 35.9 Å². The highest BCUT2D eigenvalue weighted by Gasteiger charge is 2.38. The van der Waals surface area contributed by atoms with E-state index >= 15 is 0 Å². The minimum atomic E-state index is 0.225. The van der Waals surface area contributed by atoms with Crippen molar-refractivity contribution in [3.8, 4) is 0 Å². The molecule has 2 nitrogen and oxygen atoms in total. The summed E-state index contributed by atoms with van der Waals surface area (Å²) in [6.07, 6.45) is 2.27. The van der Waals surface area contributed by atoms with E-state index in [-0.39, 0.29) is 6.61 Å². The van der Waals surface area contributed by atoms with Crippen molar-refractivity contribution in [1.29, 1.82) is 0 Å². The average Bonchev–Trinajstić information content (AvgIpc) is 2.99. The molecule has 1 aromatic rings. The predicted molar refractivity (Wildman–Crippen MR) is 55.2 cm³/mol. The maximum Gasteiger partial charge on any atom is 0.0651 e. The summed E-state index contributed by atoms with van der Waals surface area (Å²) in [7, 11) is 0. The average molecular weight is 192 g/mol. The molecule has 0 heterocycles. The van der Waals surface area contributed by atoms with Crippen LogP contribution >= 0.6 is 0 Å². The van der Waals surface area contributed by atoms with E-state index in [0.717, 1.165) is 12.8 Å². The molecule has 0 radical (unpaired) electrons. The smallest absolute Gasteiger partial charge is 0.0651 e. The van der Waals surface area contributed by atoms with E-state index in [4.69, 9.17) is 9.84 Å². The molecule has 0 aromatic heterocycles. The van der Waals surface area contributed by atoms with E-state index in [1.807, 2.05) is 6.07 Å². The van der Waals surface area contributed by atoms with Gasteiger partial charge in [0.15, 0.2) is 0 Å². The Morgan fingerprint density at radius 2 is 2.07 bits per heavy atom. The van der Waals surface area contributed by atoms with Crippen molar-refractivity contribution in [3.63, 3.8) is 0 Å². The van der Waals surface area contributed by atoms with E-state index < -0.39 is 0 Å². The number of rotatable bonds is 5. The number of aliphatic hydroxyl groups is 1. The first-order valence-corrected chi connectivity index (χ1v) is 5.19. The molecule has 0 spiro atoms. The first-order valence-electron chi connectivity index (χ1n) is 5.19. The van der Waals surface area contributed by atoms with Crippen LogP contribution in [0.5, 0.6) is 0 Å². The van der Waals surface area contributed by atoms with Crippen molar-refractivity contribution >= 4 is 0 Å². The Morgan fingerprint density at radius 1 is 1.29 bits per heavy atom. The number of hydrogen-bond acceptors (Lipinski definition) is 2. The maximum atomic E-state index is 8.60. The lowest BCUT2D eigenvalue weighted by molar-refractivity contribution is 0.0996. The van der Waals surface area contributed by atoms with Crippen LogP contribution in [0.4, 0.5) is 0 Å². The molecule has 2 rings (SSSR count). The zero-order chi connectivity index (χ0) is 9.80. The van der Waals surface area contributed by atoms with Gasteiger partial charge in [0.2, 0.25) is 0 Å². The summed E-state index contributed by atoms with van der Waals surface area (Å²) in [5.74, 6) is 0.592. The van der Waals surface area contributed by atoms with Gasteiger partial charge < -0.3 is 9.84 Å². The van der Waals surface area contributed by atoms with Crippen LogP contribution in [0.2, 0.25) is 0 Å². The van der Waals surface area contributed by atoms with Gasteiger partial charge in [-0.3, -0.25) is 0 Å². The van der Waals surface area contributed by atoms with E-state index in [1.54, 1.807) is 0 Å². The van der Waals surface area contributed by atoms with Crippen molar-refractivity contribution < 1.29 is 9.84 Å². The normalized spacial score (nSPS) is 24.9. The fourth-order valence-electron chi connectivity index (χ4n) is 1.71. The lowest BCUT2D eigenvalue weighted by atomic mass is 10.1. The molecule has 1 fully saturated rings. The molecular weight excluding hydrogens is 176 g/mol. The number of benzene rings is 1. The molecule has 1 aliphatic carbocycles. The Labute approximate surface area is 84.5 Å². The molecule has 76 valence electrons. The molecule has 1 N–H and O–H groups in total. The molecule has 0 saturated heterocycles. The largest absolute Gasteiger partial charge is 0.396 e. The topological polar surface area (TPSA) is 29.5 Å². The van der Waals surface area contributed by atoms with Crippen LogP contribution in [0.1, 0.15) is 24.3 Å². The molecule has 14 heavy (non-hydrogen) atoms. The summed E-state index contributed by atoms with van der Waals surface area (Å²) in [6.45, 7) is 0.910. The molecular formula is C12H16O2. The van der Waals surface area contributed by atoms with Crippen LogP contribution in [0.15, 0.2) is 30.3 Å². The highest BCUT2D eigenvalue weighted by Crippen LogP contribution is 2.43. The molecule has 0 aliphatic heterocycles. The van der Waals surface area contributed by atoms with Gasteiger partial charge >= 0.3 is 0 Å². The molecule has 1 saturated carbocycles. The van der Waals surface area contributed by atoms with Gasteiger partial charge in [-0.25, -0.2) is 0 Å².